The molecule has 0 saturated heterocycles. The Morgan fingerprint density at radius 1 is 1.00 bits per heavy atom. The SMILES string of the molecule is COC(=O)C1=CNC=C(C(=O)OC)C1c1cccc(OC)c1OC(C)C. The molecule has 0 aliphatic carbocycles. The molecule has 0 saturated carbocycles. The van der Waals surface area contributed by atoms with Gasteiger partial charge in [-0.05, 0) is 19.9 Å². The number of hydrogen-bond acceptors (Lipinski definition) is 7. The lowest BCUT2D eigenvalue weighted by Crippen LogP contribution is -2.27. The van der Waals surface area contributed by atoms with Crippen LogP contribution in [-0.4, -0.2) is 39.4 Å². The second-order valence-corrected chi connectivity index (χ2v) is 5.83. The lowest BCUT2D eigenvalue weighted by molar-refractivity contribution is -0.137. The van der Waals surface area contributed by atoms with Crippen molar-refractivity contribution in [2.75, 3.05) is 21.3 Å². The van der Waals surface area contributed by atoms with Gasteiger partial charge in [0.05, 0.1) is 44.5 Å². The third kappa shape index (κ3) is 3.82. The van der Waals surface area contributed by atoms with Gasteiger partial charge >= 0.3 is 11.9 Å². The maximum absolute atomic E-state index is 12.3. The highest BCUT2D eigenvalue weighted by molar-refractivity contribution is 5.99. The number of esters is 2. The molecule has 1 aromatic rings. The average Bonchev–Trinajstić information content (AvgIpc) is 2.65. The highest BCUT2D eigenvalue weighted by Gasteiger charge is 2.36. The molecule has 0 fully saturated rings. The van der Waals surface area contributed by atoms with E-state index in [4.69, 9.17) is 18.9 Å². The fourth-order valence-corrected chi connectivity index (χ4v) is 2.76. The minimum Gasteiger partial charge on any atom is -0.493 e. The number of para-hydroxylation sites is 1. The van der Waals surface area contributed by atoms with Gasteiger partial charge in [0.15, 0.2) is 11.5 Å². The van der Waals surface area contributed by atoms with Gasteiger partial charge in [-0.2, -0.15) is 0 Å². The number of nitrogens with one attached hydrogen (secondary N) is 1. The summed E-state index contributed by atoms with van der Waals surface area (Å²) < 4.78 is 21.1. The summed E-state index contributed by atoms with van der Waals surface area (Å²) in [5, 5.41) is 2.81. The summed E-state index contributed by atoms with van der Waals surface area (Å²) in [7, 11) is 4.10. The van der Waals surface area contributed by atoms with Gasteiger partial charge in [-0.1, -0.05) is 12.1 Å². The van der Waals surface area contributed by atoms with Crippen molar-refractivity contribution in [2.45, 2.75) is 25.9 Å². The molecular formula is C19H23NO6. The van der Waals surface area contributed by atoms with E-state index in [-0.39, 0.29) is 17.3 Å². The second-order valence-electron chi connectivity index (χ2n) is 5.83. The molecule has 0 atom stereocenters. The number of methoxy groups -OCH3 is 3. The number of carbonyl (C=O) groups is 2. The van der Waals surface area contributed by atoms with Crippen LogP contribution in [-0.2, 0) is 19.1 Å². The Hall–Kier alpha value is -2.96. The lowest BCUT2D eigenvalue weighted by atomic mass is 9.83. The maximum Gasteiger partial charge on any atom is 0.336 e. The summed E-state index contributed by atoms with van der Waals surface area (Å²) in [4.78, 5) is 24.6. The molecule has 1 aliphatic heterocycles. The molecule has 0 unspecified atom stereocenters. The topological polar surface area (TPSA) is 83.1 Å². The van der Waals surface area contributed by atoms with E-state index in [1.54, 1.807) is 18.2 Å². The lowest BCUT2D eigenvalue weighted by Gasteiger charge is -2.27. The van der Waals surface area contributed by atoms with E-state index in [1.165, 1.54) is 33.7 Å². The summed E-state index contributed by atoms with van der Waals surface area (Å²) in [6, 6.07) is 5.31. The van der Waals surface area contributed by atoms with Crippen LogP contribution in [0.3, 0.4) is 0 Å². The predicted molar refractivity (Wildman–Crippen MR) is 94.8 cm³/mol. The summed E-state index contributed by atoms with van der Waals surface area (Å²) in [6.07, 6.45) is 2.87. The molecule has 2 rings (SSSR count). The van der Waals surface area contributed by atoms with E-state index < -0.39 is 17.9 Å². The monoisotopic (exact) mass is 361 g/mol. The Balaban J connectivity index is 2.67. The molecule has 1 heterocycles. The molecule has 140 valence electrons. The fourth-order valence-electron chi connectivity index (χ4n) is 2.76. The molecule has 7 heteroatoms. The predicted octanol–water partition coefficient (Wildman–Crippen LogP) is 2.28. The number of ether oxygens (including phenoxy) is 4. The molecule has 0 aromatic heterocycles. The van der Waals surface area contributed by atoms with Crippen LogP contribution in [0.2, 0.25) is 0 Å². The molecule has 0 amide bonds. The summed E-state index contributed by atoms with van der Waals surface area (Å²) in [6.45, 7) is 3.76. The highest BCUT2D eigenvalue weighted by atomic mass is 16.5. The number of benzene rings is 1. The first-order valence-electron chi connectivity index (χ1n) is 8.10. The smallest absolute Gasteiger partial charge is 0.336 e. The van der Waals surface area contributed by atoms with E-state index in [0.29, 0.717) is 17.1 Å². The fraction of sp³-hybridized carbons (Fsp3) is 0.368. The van der Waals surface area contributed by atoms with Crippen LogP contribution >= 0.6 is 0 Å². The van der Waals surface area contributed by atoms with Crippen molar-refractivity contribution < 1.29 is 28.5 Å². The Kier molecular flexibility index (Phi) is 6.27. The van der Waals surface area contributed by atoms with Crippen molar-refractivity contribution in [3.8, 4) is 11.5 Å². The van der Waals surface area contributed by atoms with Crippen LogP contribution in [0, 0.1) is 0 Å². The van der Waals surface area contributed by atoms with Gasteiger partial charge in [-0.25, -0.2) is 9.59 Å². The quantitative estimate of drug-likeness (QED) is 0.778. The first kappa shape index (κ1) is 19.4. The number of hydrogen-bond donors (Lipinski definition) is 1. The van der Waals surface area contributed by atoms with Crippen molar-refractivity contribution in [3.63, 3.8) is 0 Å². The van der Waals surface area contributed by atoms with Gasteiger partial charge in [-0.3, -0.25) is 0 Å². The third-order valence-corrected chi connectivity index (χ3v) is 3.84. The molecule has 1 N–H and O–H groups in total. The van der Waals surface area contributed by atoms with E-state index in [2.05, 4.69) is 5.32 Å². The van der Waals surface area contributed by atoms with Crippen LogP contribution in [0.4, 0.5) is 0 Å². The number of dihydropyridines is 1. The number of rotatable bonds is 6. The van der Waals surface area contributed by atoms with Crippen LogP contribution in [0.25, 0.3) is 0 Å². The molecule has 0 spiro atoms. The first-order chi connectivity index (χ1) is 12.4. The molecule has 0 bridgehead atoms. The van der Waals surface area contributed by atoms with E-state index >= 15 is 0 Å². The Morgan fingerprint density at radius 3 is 2.04 bits per heavy atom. The minimum absolute atomic E-state index is 0.136. The van der Waals surface area contributed by atoms with Gasteiger partial charge < -0.3 is 24.3 Å². The van der Waals surface area contributed by atoms with Crippen molar-refractivity contribution in [3.05, 3.63) is 47.3 Å². The van der Waals surface area contributed by atoms with Gasteiger partial charge in [0.25, 0.3) is 0 Å². The summed E-state index contributed by atoms with van der Waals surface area (Å²) in [5.74, 6) is -0.879. The standard InChI is InChI=1S/C19H23NO6/c1-11(2)26-17-12(7-6-8-15(17)23-3)16-13(18(21)24-4)9-20-10-14(16)19(22)25-5/h6-11,16,20H,1-5H3. The third-order valence-electron chi connectivity index (χ3n) is 3.84. The Morgan fingerprint density at radius 2 is 1.58 bits per heavy atom. The minimum atomic E-state index is -0.722. The molecule has 0 radical (unpaired) electrons. The van der Waals surface area contributed by atoms with Crippen LogP contribution in [0.1, 0.15) is 25.3 Å². The Bertz CT molecular complexity index is 718. The number of carbonyl (C=O) groups excluding carboxylic acids is 2. The second kappa shape index (κ2) is 8.42. The van der Waals surface area contributed by atoms with Crippen molar-refractivity contribution in [2.24, 2.45) is 0 Å². The van der Waals surface area contributed by atoms with E-state index in [0.717, 1.165) is 0 Å². The van der Waals surface area contributed by atoms with Crippen molar-refractivity contribution in [1.82, 2.24) is 5.32 Å². The zero-order chi connectivity index (χ0) is 19.3. The summed E-state index contributed by atoms with van der Waals surface area (Å²) >= 11 is 0. The van der Waals surface area contributed by atoms with Gasteiger partial charge in [0.2, 0.25) is 0 Å². The van der Waals surface area contributed by atoms with Crippen LogP contribution in [0.5, 0.6) is 11.5 Å². The van der Waals surface area contributed by atoms with Crippen LogP contribution < -0.4 is 14.8 Å². The van der Waals surface area contributed by atoms with Gasteiger partial charge in [-0.15, -0.1) is 0 Å². The van der Waals surface area contributed by atoms with E-state index in [9.17, 15) is 9.59 Å². The van der Waals surface area contributed by atoms with Gasteiger partial charge in [0.1, 0.15) is 0 Å². The Labute approximate surface area is 152 Å². The molecule has 1 aliphatic rings. The van der Waals surface area contributed by atoms with Gasteiger partial charge in [0, 0.05) is 18.0 Å². The normalized spacial score (nSPS) is 14.1. The maximum atomic E-state index is 12.3. The summed E-state index contributed by atoms with van der Waals surface area (Å²) in [5.41, 5.74) is 1.13. The van der Waals surface area contributed by atoms with E-state index in [1.807, 2.05) is 13.8 Å². The average molecular weight is 361 g/mol. The first-order valence-corrected chi connectivity index (χ1v) is 8.10. The van der Waals surface area contributed by atoms with Crippen molar-refractivity contribution >= 4 is 11.9 Å². The molecule has 7 nitrogen and oxygen atoms in total. The highest BCUT2D eigenvalue weighted by Crippen LogP contribution is 2.43. The molecular weight excluding hydrogens is 338 g/mol. The van der Waals surface area contributed by atoms with Crippen LogP contribution in [0.15, 0.2) is 41.7 Å². The zero-order valence-corrected chi connectivity index (χ0v) is 15.5. The largest absolute Gasteiger partial charge is 0.493 e. The zero-order valence-electron chi connectivity index (χ0n) is 15.5. The molecule has 26 heavy (non-hydrogen) atoms. The van der Waals surface area contributed by atoms with Crippen molar-refractivity contribution in [1.29, 1.82) is 0 Å². The molecule has 1 aromatic carbocycles.